The predicted molar refractivity (Wildman–Crippen MR) is 65.1 cm³/mol. The molecule has 1 aromatic carbocycles. The monoisotopic (exact) mass is 251 g/mol. The number of nitrogens with one attached hydrogen (secondary N) is 1. The van der Waals surface area contributed by atoms with Crippen molar-refractivity contribution in [2.24, 2.45) is 0 Å². The Morgan fingerprint density at radius 3 is 2.76 bits per heavy atom. The van der Waals surface area contributed by atoms with Crippen LogP contribution in [0.3, 0.4) is 0 Å². The van der Waals surface area contributed by atoms with Gasteiger partial charge in [-0.3, -0.25) is 4.79 Å². The van der Waals surface area contributed by atoms with Crippen LogP contribution in [0.5, 0.6) is 5.75 Å². The maximum atomic E-state index is 13.4. The molecule has 0 spiro atoms. The van der Waals surface area contributed by atoms with E-state index in [1.807, 2.05) is 13.0 Å². The van der Waals surface area contributed by atoms with Crippen molar-refractivity contribution in [1.82, 2.24) is 0 Å². The lowest BCUT2D eigenvalue weighted by molar-refractivity contribution is 0.102. The van der Waals surface area contributed by atoms with Gasteiger partial charge in [-0.25, -0.2) is 4.39 Å². The van der Waals surface area contributed by atoms with Crippen molar-refractivity contribution in [3.8, 4) is 5.75 Å². The molecule has 0 saturated carbocycles. The molecule has 1 aromatic heterocycles. The first-order valence-corrected chi connectivity index (χ1v) is 5.80. The van der Waals surface area contributed by atoms with Crippen LogP contribution in [0.1, 0.15) is 15.2 Å². The van der Waals surface area contributed by atoms with Gasteiger partial charge in [0.1, 0.15) is 11.6 Å². The highest BCUT2D eigenvalue weighted by atomic mass is 32.1. The van der Waals surface area contributed by atoms with Crippen LogP contribution in [-0.2, 0) is 0 Å². The van der Waals surface area contributed by atoms with E-state index in [1.165, 1.54) is 23.5 Å². The third kappa shape index (κ3) is 2.45. The highest BCUT2D eigenvalue weighted by Crippen LogP contribution is 2.22. The second-order valence-corrected chi connectivity index (χ2v) is 4.47. The first-order chi connectivity index (χ1) is 8.08. The molecule has 2 N–H and O–H groups in total. The molecule has 1 heterocycles. The third-order valence-corrected chi connectivity index (χ3v) is 3.28. The Kier molecular flexibility index (Phi) is 3.10. The van der Waals surface area contributed by atoms with Crippen molar-refractivity contribution >= 4 is 22.9 Å². The van der Waals surface area contributed by atoms with Gasteiger partial charge < -0.3 is 10.4 Å². The molecule has 17 heavy (non-hydrogen) atoms. The minimum atomic E-state index is -0.660. The summed E-state index contributed by atoms with van der Waals surface area (Å²) in [7, 11) is 0. The molecule has 0 aliphatic carbocycles. The molecule has 0 bridgehead atoms. The first kappa shape index (κ1) is 11.6. The van der Waals surface area contributed by atoms with E-state index in [1.54, 1.807) is 5.38 Å². The summed E-state index contributed by atoms with van der Waals surface area (Å²) in [5.74, 6) is -1.18. The lowest BCUT2D eigenvalue weighted by Gasteiger charge is -2.06. The van der Waals surface area contributed by atoms with E-state index in [0.717, 1.165) is 11.6 Å². The zero-order valence-corrected chi connectivity index (χ0v) is 9.84. The fourth-order valence-corrected chi connectivity index (χ4v) is 2.21. The van der Waals surface area contributed by atoms with Crippen molar-refractivity contribution in [2.45, 2.75) is 6.92 Å². The summed E-state index contributed by atoms with van der Waals surface area (Å²) in [6.45, 7) is 1.82. The third-order valence-electron chi connectivity index (χ3n) is 2.27. The molecule has 0 atom stereocenters. The number of benzene rings is 1. The number of amides is 1. The van der Waals surface area contributed by atoms with Crippen molar-refractivity contribution in [1.29, 1.82) is 0 Å². The van der Waals surface area contributed by atoms with Crippen LogP contribution in [0, 0.1) is 12.7 Å². The van der Waals surface area contributed by atoms with Crippen LogP contribution < -0.4 is 5.32 Å². The van der Waals surface area contributed by atoms with Crippen LogP contribution in [0.15, 0.2) is 29.6 Å². The van der Waals surface area contributed by atoms with Crippen LogP contribution >= 0.6 is 11.3 Å². The molecule has 0 fully saturated rings. The van der Waals surface area contributed by atoms with Crippen molar-refractivity contribution in [2.75, 3.05) is 5.32 Å². The largest absolute Gasteiger partial charge is 0.508 e. The molecule has 2 aromatic rings. The van der Waals surface area contributed by atoms with Gasteiger partial charge in [0.2, 0.25) is 0 Å². The van der Waals surface area contributed by atoms with Gasteiger partial charge in [-0.1, -0.05) is 0 Å². The molecule has 1 amide bonds. The van der Waals surface area contributed by atoms with E-state index < -0.39 is 5.82 Å². The lowest BCUT2D eigenvalue weighted by atomic mass is 10.2. The second kappa shape index (κ2) is 4.55. The van der Waals surface area contributed by atoms with Crippen molar-refractivity contribution in [3.63, 3.8) is 0 Å². The summed E-state index contributed by atoms with van der Waals surface area (Å²) in [6.07, 6.45) is 0. The van der Waals surface area contributed by atoms with Gasteiger partial charge in [-0.15, -0.1) is 11.3 Å². The molecule has 0 aliphatic heterocycles. The number of carbonyl (C=O) groups is 1. The second-order valence-electron chi connectivity index (χ2n) is 3.55. The van der Waals surface area contributed by atoms with Gasteiger partial charge in [0.15, 0.2) is 0 Å². The van der Waals surface area contributed by atoms with E-state index in [2.05, 4.69) is 5.32 Å². The van der Waals surface area contributed by atoms with Crippen molar-refractivity contribution < 1.29 is 14.3 Å². The quantitative estimate of drug-likeness (QED) is 0.805. The highest BCUT2D eigenvalue weighted by Gasteiger charge is 2.12. The Hall–Kier alpha value is -1.88. The Bertz CT molecular complexity index is 565. The number of halogens is 1. The van der Waals surface area contributed by atoms with Crippen molar-refractivity contribution in [3.05, 3.63) is 45.9 Å². The molecule has 0 saturated heterocycles. The number of thiophene rings is 1. The number of carbonyl (C=O) groups excluding carboxylic acids is 1. The molecular formula is C12H10FNO2S. The highest BCUT2D eigenvalue weighted by molar-refractivity contribution is 7.12. The Labute approximate surface area is 102 Å². The maximum absolute atomic E-state index is 13.4. The number of phenols is 1. The fourth-order valence-electron chi connectivity index (χ4n) is 1.39. The van der Waals surface area contributed by atoms with Gasteiger partial charge in [0.05, 0.1) is 10.6 Å². The normalized spacial score (nSPS) is 10.2. The first-order valence-electron chi connectivity index (χ1n) is 4.92. The summed E-state index contributed by atoms with van der Waals surface area (Å²) in [5, 5.41) is 13.3. The molecule has 88 valence electrons. The minimum absolute atomic E-state index is 0.0561. The number of hydrogen-bond donors (Lipinski definition) is 2. The topological polar surface area (TPSA) is 49.3 Å². The Morgan fingerprint density at radius 1 is 1.41 bits per heavy atom. The van der Waals surface area contributed by atoms with Crippen LogP contribution in [0.4, 0.5) is 10.1 Å². The molecule has 0 radical (unpaired) electrons. The Balaban J connectivity index is 2.22. The van der Waals surface area contributed by atoms with E-state index in [9.17, 15) is 9.18 Å². The molecular weight excluding hydrogens is 241 g/mol. The summed E-state index contributed by atoms with van der Waals surface area (Å²) < 4.78 is 13.4. The maximum Gasteiger partial charge on any atom is 0.266 e. The molecule has 0 aliphatic rings. The zero-order chi connectivity index (χ0) is 12.4. The van der Waals surface area contributed by atoms with Gasteiger partial charge in [0, 0.05) is 6.07 Å². The standard InChI is InChI=1S/C12H10FNO2S/c1-7-4-5-17-11(7)12(16)14-10-3-2-8(15)6-9(10)13/h2-6,15H,1H3,(H,14,16). The summed E-state index contributed by atoms with van der Waals surface area (Å²) >= 11 is 1.30. The zero-order valence-electron chi connectivity index (χ0n) is 9.03. The predicted octanol–water partition coefficient (Wildman–Crippen LogP) is 3.15. The molecule has 0 unspecified atom stereocenters. The Morgan fingerprint density at radius 2 is 2.18 bits per heavy atom. The van der Waals surface area contributed by atoms with Crippen LogP contribution in [0.25, 0.3) is 0 Å². The van der Waals surface area contributed by atoms with Crippen LogP contribution in [-0.4, -0.2) is 11.0 Å². The SMILES string of the molecule is Cc1ccsc1C(=O)Nc1ccc(O)cc1F. The van der Waals surface area contributed by atoms with E-state index in [-0.39, 0.29) is 17.3 Å². The van der Waals surface area contributed by atoms with Gasteiger partial charge >= 0.3 is 0 Å². The fraction of sp³-hybridized carbons (Fsp3) is 0.0833. The van der Waals surface area contributed by atoms with Gasteiger partial charge in [-0.05, 0) is 36.1 Å². The van der Waals surface area contributed by atoms with Gasteiger partial charge in [0.25, 0.3) is 5.91 Å². The average molecular weight is 251 g/mol. The minimum Gasteiger partial charge on any atom is -0.508 e. The van der Waals surface area contributed by atoms with E-state index in [0.29, 0.717) is 4.88 Å². The number of anilines is 1. The number of aryl methyl sites for hydroxylation is 1. The number of hydrogen-bond acceptors (Lipinski definition) is 3. The number of aromatic hydroxyl groups is 1. The number of phenolic OH excluding ortho intramolecular Hbond substituents is 1. The van der Waals surface area contributed by atoms with E-state index in [4.69, 9.17) is 5.11 Å². The average Bonchev–Trinajstić information content (AvgIpc) is 2.68. The molecule has 3 nitrogen and oxygen atoms in total. The summed E-state index contributed by atoms with van der Waals surface area (Å²) in [5.41, 5.74) is 0.910. The smallest absolute Gasteiger partial charge is 0.266 e. The number of rotatable bonds is 2. The lowest BCUT2D eigenvalue weighted by Crippen LogP contribution is -2.12. The van der Waals surface area contributed by atoms with Crippen LogP contribution in [0.2, 0.25) is 0 Å². The van der Waals surface area contributed by atoms with Gasteiger partial charge in [-0.2, -0.15) is 0 Å². The van der Waals surface area contributed by atoms with E-state index >= 15 is 0 Å². The molecule has 5 heteroatoms. The summed E-state index contributed by atoms with van der Waals surface area (Å²) in [4.78, 5) is 12.4. The molecule has 2 rings (SSSR count). The summed E-state index contributed by atoms with van der Waals surface area (Å²) in [6, 6.07) is 5.43.